The van der Waals surface area contributed by atoms with E-state index in [1.54, 1.807) is 11.8 Å². The van der Waals surface area contributed by atoms with E-state index in [1.165, 1.54) is 23.3 Å². The Labute approximate surface area is 113 Å². The molecule has 1 atom stereocenters. The quantitative estimate of drug-likeness (QED) is 0.670. The number of thiocarbonyl (C=S) groups is 1. The van der Waals surface area contributed by atoms with Crippen molar-refractivity contribution in [3.8, 4) is 0 Å². The first kappa shape index (κ1) is 12.9. The standard InChI is InChI=1S/C13H18N2S2/c1-17-11-6-4-10(5-7-11)12(13(14)16)15-8-2-3-9-15/h4-7,12H,2-3,8-9H2,1H3,(H2,14,16). The lowest BCUT2D eigenvalue weighted by Gasteiger charge is -2.26. The molecule has 1 aliphatic rings. The maximum atomic E-state index is 5.90. The third kappa shape index (κ3) is 3.00. The molecule has 0 saturated carbocycles. The van der Waals surface area contributed by atoms with Gasteiger partial charge in [-0.25, -0.2) is 0 Å². The highest BCUT2D eigenvalue weighted by Gasteiger charge is 2.25. The van der Waals surface area contributed by atoms with Gasteiger partial charge >= 0.3 is 0 Å². The van der Waals surface area contributed by atoms with Crippen LogP contribution in [0.15, 0.2) is 29.2 Å². The third-order valence-corrected chi connectivity index (χ3v) is 4.17. The van der Waals surface area contributed by atoms with E-state index in [1.807, 2.05) is 0 Å². The van der Waals surface area contributed by atoms with Crippen LogP contribution >= 0.6 is 24.0 Å². The molecule has 1 fully saturated rings. The molecule has 0 bridgehead atoms. The van der Waals surface area contributed by atoms with Crippen molar-refractivity contribution in [3.63, 3.8) is 0 Å². The molecule has 0 aromatic heterocycles. The summed E-state index contributed by atoms with van der Waals surface area (Å²) in [6.07, 6.45) is 4.59. The largest absolute Gasteiger partial charge is 0.392 e. The van der Waals surface area contributed by atoms with Gasteiger partial charge in [0.2, 0.25) is 0 Å². The summed E-state index contributed by atoms with van der Waals surface area (Å²) in [5.41, 5.74) is 7.12. The molecule has 2 nitrogen and oxygen atoms in total. The van der Waals surface area contributed by atoms with Crippen LogP contribution in [0.1, 0.15) is 24.4 Å². The van der Waals surface area contributed by atoms with Crippen molar-refractivity contribution in [2.24, 2.45) is 5.73 Å². The molecule has 0 amide bonds. The second-order valence-corrected chi connectivity index (χ2v) is 5.67. The van der Waals surface area contributed by atoms with Gasteiger partial charge in [-0.2, -0.15) is 0 Å². The van der Waals surface area contributed by atoms with Crippen molar-refractivity contribution in [1.29, 1.82) is 0 Å². The summed E-state index contributed by atoms with van der Waals surface area (Å²) in [5.74, 6) is 0. The van der Waals surface area contributed by atoms with E-state index >= 15 is 0 Å². The second kappa shape index (κ2) is 5.85. The van der Waals surface area contributed by atoms with Crippen LogP contribution in [-0.4, -0.2) is 29.2 Å². The summed E-state index contributed by atoms with van der Waals surface area (Å²) in [6, 6.07) is 8.69. The molecule has 1 aliphatic heterocycles. The van der Waals surface area contributed by atoms with E-state index in [9.17, 15) is 0 Å². The summed E-state index contributed by atoms with van der Waals surface area (Å²) in [4.78, 5) is 4.25. The molecule has 17 heavy (non-hydrogen) atoms. The molecule has 0 aliphatic carbocycles. The summed E-state index contributed by atoms with van der Waals surface area (Å²) < 4.78 is 0. The molecule has 1 unspecified atom stereocenters. The SMILES string of the molecule is CSc1ccc(C(C(N)=S)N2CCCC2)cc1. The fourth-order valence-electron chi connectivity index (χ4n) is 2.34. The normalized spacial score (nSPS) is 18.2. The fourth-order valence-corrected chi connectivity index (χ4v) is 3.03. The number of hydrogen-bond acceptors (Lipinski definition) is 3. The van der Waals surface area contributed by atoms with Gasteiger partial charge in [0.1, 0.15) is 0 Å². The van der Waals surface area contributed by atoms with Crippen molar-refractivity contribution in [3.05, 3.63) is 29.8 Å². The van der Waals surface area contributed by atoms with Crippen LogP contribution in [0.2, 0.25) is 0 Å². The molecule has 2 rings (SSSR count). The average Bonchev–Trinajstić information content (AvgIpc) is 2.83. The summed E-state index contributed by atoms with van der Waals surface area (Å²) in [7, 11) is 0. The number of rotatable bonds is 4. The van der Waals surface area contributed by atoms with Crippen molar-refractivity contribution in [1.82, 2.24) is 4.90 Å². The molecule has 1 aromatic rings. The number of likely N-dealkylation sites (tertiary alicyclic amines) is 1. The molecule has 4 heteroatoms. The molecule has 0 spiro atoms. The van der Waals surface area contributed by atoms with Gasteiger partial charge in [0.15, 0.2) is 0 Å². The molecule has 1 heterocycles. The maximum absolute atomic E-state index is 5.90. The Balaban J connectivity index is 2.22. The first-order chi connectivity index (χ1) is 8.22. The Hall–Kier alpha value is -0.580. The van der Waals surface area contributed by atoms with E-state index < -0.39 is 0 Å². The predicted octanol–water partition coefficient (Wildman–Crippen LogP) is 2.83. The molecule has 1 saturated heterocycles. The highest BCUT2D eigenvalue weighted by atomic mass is 32.2. The third-order valence-electron chi connectivity index (χ3n) is 3.21. The van der Waals surface area contributed by atoms with E-state index in [-0.39, 0.29) is 6.04 Å². The first-order valence-electron chi connectivity index (χ1n) is 5.89. The van der Waals surface area contributed by atoms with Crippen LogP contribution in [0.5, 0.6) is 0 Å². The van der Waals surface area contributed by atoms with E-state index in [0.717, 1.165) is 13.1 Å². The Bertz CT molecular complexity index is 383. The lowest BCUT2D eigenvalue weighted by molar-refractivity contribution is 0.305. The minimum Gasteiger partial charge on any atom is -0.392 e. The molecule has 0 radical (unpaired) electrons. The van der Waals surface area contributed by atoms with E-state index in [4.69, 9.17) is 18.0 Å². The Morgan fingerprint density at radius 1 is 1.29 bits per heavy atom. The van der Waals surface area contributed by atoms with E-state index in [0.29, 0.717) is 4.99 Å². The second-order valence-electron chi connectivity index (χ2n) is 4.32. The molecular formula is C13H18N2S2. The van der Waals surface area contributed by atoms with Crippen molar-refractivity contribution in [2.45, 2.75) is 23.8 Å². The number of hydrogen-bond donors (Lipinski definition) is 1. The van der Waals surface area contributed by atoms with Crippen LogP contribution in [0, 0.1) is 0 Å². The summed E-state index contributed by atoms with van der Waals surface area (Å²) >= 11 is 6.98. The number of nitrogens with two attached hydrogens (primary N) is 1. The zero-order chi connectivity index (χ0) is 12.3. The topological polar surface area (TPSA) is 29.3 Å². The molecule has 2 N–H and O–H groups in total. The molecule has 1 aromatic carbocycles. The Morgan fingerprint density at radius 2 is 1.88 bits per heavy atom. The van der Waals surface area contributed by atoms with Crippen LogP contribution < -0.4 is 5.73 Å². The van der Waals surface area contributed by atoms with Crippen LogP contribution in [0.4, 0.5) is 0 Å². The number of thioether (sulfide) groups is 1. The van der Waals surface area contributed by atoms with E-state index in [2.05, 4.69) is 35.4 Å². The van der Waals surface area contributed by atoms with Crippen molar-refractivity contribution < 1.29 is 0 Å². The van der Waals surface area contributed by atoms with Crippen molar-refractivity contribution in [2.75, 3.05) is 19.3 Å². The van der Waals surface area contributed by atoms with Gasteiger partial charge in [0.25, 0.3) is 0 Å². The smallest absolute Gasteiger partial charge is 0.0948 e. The molecule has 92 valence electrons. The van der Waals surface area contributed by atoms with Gasteiger partial charge in [0, 0.05) is 4.90 Å². The van der Waals surface area contributed by atoms with Gasteiger partial charge in [0.05, 0.1) is 11.0 Å². The number of benzene rings is 1. The maximum Gasteiger partial charge on any atom is 0.0948 e. The average molecular weight is 266 g/mol. The Morgan fingerprint density at radius 3 is 2.35 bits per heavy atom. The first-order valence-corrected chi connectivity index (χ1v) is 7.53. The summed E-state index contributed by atoms with van der Waals surface area (Å²) in [6.45, 7) is 2.21. The predicted molar refractivity (Wildman–Crippen MR) is 78.6 cm³/mol. The highest BCUT2D eigenvalue weighted by Crippen LogP contribution is 2.27. The van der Waals surface area contributed by atoms with Crippen LogP contribution in [0.3, 0.4) is 0 Å². The lowest BCUT2D eigenvalue weighted by Crippen LogP contribution is -2.34. The van der Waals surface area contributed by atoms with Crippen LogP contribution in [-0.2, 0) is 0 Å². The summed E-state index contributed by atoms with van der Waals surface area (Å²) in [5, 5.41) is 0. The van der Waals surface area contributed by atoms with Gasteiger partial charge in [-0.05, 0) is 49.9 Å². The minimum absolute atomic E-state index is 0.114. The number of nitrogens with zero attached hydrogens (tertiary/aromatic N) is 1. The Kier molecular flexibility index (Phi) is 4.42. The van der Waals surface area contributed by atoms with Gasteiger partial charge in [-0.1, -0.05) is 24.4 Å². The molecular weight excluding hydrogens is 248 g/mol. The zero-order valence-corrected chi connectivity index (χ0v) is 11.7. The van der Waals surface area contributed by atoms with Gasteiger partial charge in [-0.3, -0.25) is 4.90 Å². The fraction of sp³-hybridized carbons (Fsp3) is 0.462. The minimum atomic E-state index is 0.114. The van der Waals surface area contributed by atoms with Gasteiger partial charge in [-0.15, -0.1) is 11.8 Å². The van der Waals surface area contributed by atoms with Crippen LogP contribution in [0.25, 0.3) is 0 Å². The zero-order valence-electron chi connectivity index (χ0n) is 10.1. The highest BCUT2D eigenvalue weighted by molar-refractivity contribution is 7.98. The lowest BCUT2D eigenvalue weighted by atomic mass is 10.1. The monoisotopic (exact) mass is 266 g/mol. The van der Waals surface area contributed by atoms with Gasteiger partial charge < -0.3 is 5.73 Å². The van der Waals surface area contributed by atoms with Crippen molar-refractivity contribution >= 4 is 29.0 Å².